The molecule has 0 aliphatic heterocycles. The van der Waals surface area contributed by atoms with E-state index in [0.29, 0.717) is 0 Å². The van der Waals surface area contributed by atoms with Crippen molar-refractivity contribution in [2.45, 2.75) is 4.90 Å². The van der Waals surface area contributed by atoms with E-state index in [1.165, 1.54) is 24.3 Å². The third-order valence-electron chi connectivity index (χ3n) is 2.92. The second-order valence-corrected chi connectivity index (χ2v) is 7.30. The van der Waals surface area contributed by atoms with Crippen molar-refractivity contribution in [1.29, 1.82) is 0 Å². The van der Waals surface area contributed by atoms with Gasteiger partial charge in [0.15, 0.2) is 21.3 Å². The summed E-state index contributed by atoms with van der Waals surface area (Å²) >= 11 is 11.6. The Bertz CT molecular complexity index is 900. The van der Waals surface area contributed by atoms with E-state index in [-0.39, 0.29) is 27.0 Å². The largest absolute Gasteiger partial charge is 0.464 e. The summed E-state index contributed by atoms with van der Waals surface area (Å²) in [5, 5.41) is -0.214. The zero-order chi connectivity index (χ0) is 17.4. The molecule has 0 bridgehead atoms. The van der Waals surface area contributed by atoms with E-state index in [4.69, 9.17) is 23.2 Å². The highest BCUT2D eigenvalue weighted by atomic mass is 35.5. The highest BCUT2D eigenvalue weighted by Crippen LogP contribution is 2.32. The van der Waals surface area contributed by atoms with Gasteiger partial charge in [0.25, 0.3) is 0 Å². The number of pyridine rings is 1. The number of hydrogen-bond donors (Lipinski definition) is 0. The van der Waals surface area contributed by atoms with Gasteiger partial charge in [-0.05, 0) is 24.3 Å². The summed E-state index contributed by atoms with van der Waals surface area (Å²) < 4.78 is 42.5. The van der Waals surface area contributed by atoms with Gasteiger partial charge in [-0.15, -0.1) is 0 Å². The number of benzene rings is 1. The molecule has 0 amide bonds. The molecular formula is C14H10Cl2FNO4S. The molecule has 2 aromatic rings. The average molecular weight is 378 g/mol. The Morgan fingerprint density at radius 3 is 2.35 bits per heavy atom. The minimum Gasteiger partial charge on any atom is -0.464 e. The molecule has 1 aromatic carbocycles. The fourth-order valence-electron chi connectivity index (χ4n) is 1.90. The molecule has 9 heteroatoms. The van der Waals surface area contributed by atoms with E-state index in [1.54, 1.807) is 0 Å². The van der Waals surface area contributed by atoms with Crippen LogP contribution in [0.3, 0.4) is 0 Å². The molecule has 1 heterocycles. The third-order valence-corrected chi connectivity index (χ3v) is 4.79. The molecule has 0 unspecified atom stereocenters. The number of esters is 1. The van der Waals surface area contributed by atoms with Crippen molar-refractivity contribution in [3.05, 3.63) is 45.8 Å². The van der Waals surface area contributed by atoms with Crippen molar-refractivity contribution in [2.75, 3.05) is 13.4 Å². The van der Waals surface area contributed by atoms with Crippen molar-refractivity contribution in [2.24, 2.45) is 0 Å². The number of methoxy groups -OCH3 is 1. The standard InChI is InChI=1S/C14H10Cl2FNO4S/c1-22-14(19)12-8(15)5-6-10(18-12)7-3-4-9(16)13(11(7)17)23(2,20)21/h3-6H,1-2H3. The zero-order valence-corrected chi connectivity index (χ0v) is 14.3. The SMILES string of the molecule is COC(=O)c1nc(-c2ccc(Cl)c(S(C)(=O)=O)c2F)ccc1Cl. The van der Waals surface area contributed by atoms with E-state index < -0.39 is 26.5 Å². The Morgan fingerprint density at radius 2 is 1.78 bits per heavy atom. The summed E-state index contributed by atoms with van der Waals surface area (Å²) in [4.78, 5) is 14.9. The van der Waals surface area contributed by atoms with Crippen LogP contribution in [0.4, 0.5) is 4.39 Å². The van der Waals surface area contributed by atoms with Crippen molar-refractivity contribution in [1.82, 2.24) is 4.98 Å². The van der Waals surface area contributed by atoms with Crippen LogP contribution in [0.15, 0.2) is 29.2 Å². The number of nitrogens with zero attached hydrogens (tertiary/aromatic N) is 1. The minimum absolute atomic E-state index is 0.0221. The molecule has 0 atom stereocenters. The highest BCUT2D eigenvalue weighted by Gasteiger charge is 2.23. The molecule has 0 fully saturated rings. The molecule has 1 aromatic heterocycles. The number of aromatic nitrogens is 1. The fourth-order valence-corrected chi connectivity index (χ4v) is 3.51. The molecule has 23 heavy (non-hydrogen) atoms. The molecule has 122 valence electrons. The fraction of sp³-hybridized carbons (Fsp3) is 0.143. The Labute approximate surface area is 141 Å². The maximum atomic E-state index is 14.6. The number of sulfone groups is 1. The van der Waals surface area contributed by atoms with Gasteiger partial charge >= 0.3 is 5.97 Å². The van der Waals surface area contributed by atoms with Crippen LogP contribution in [0, 0.1) is 5.82 Å². The molecule has 5 nitrogen and oxygen atoms in total. The number of hydrogen-bond acceptors (Lipinski definition) is 5. The van der Waals surface area contributed by atoms with Gasteiger partial charge in [0.1, 0.15) is 4.90 Å². The summed E-state index contributed by atoms with van der Waals surface area (Å²) in [6, 6.07) is 5.20. The van der Waals surface area contributed by atoms with Crippen LogP contribution < -0.4 is 0 Å². The number of ether oxygens (including phenoxy) is 1. The molecule has 0 spiro atoms. The number of carbonyl (C=O) groups excluding carboxylic acids is 1. The van der Waals surface area contributed by atoms with Gasteiger partial charge in [0, 0.05) is 11.8 Å². The second-order valence-electron chi connectivity index (χ2n) is 4.53. The van der Waals surface area contributed by atoms with E-state index in [1.807, 2.05) is 0 Å². The Morgan fingerprint density at radius 1 is 1.17 bits per heavy atom. The Balaban J connectivity index is 2.72. The van der Waals surface area contributed by atoms with Gasteiger partial charge < -0.3 is 4.74 Å². The molecule has 0 aliphatic carbocycles. The van der Waals surface area contributed by atoms with E-state index in [2.05, 4.69) is 9.72 Å². The lowest BCUT2D eigenvalue weighted by atomic mass is 10.1. The molecule has 0 aliphatic rings. The van der Waals surface area contributed by atoms with Crippen LogP contribution >= 0.6 is 23.2 Å². The van der Waals surface area contributed by atoms with Crippen LogP contribution in [0.1, 0.15) is 10.5 Å². The summed E-state index contributed by atoms with van der Waals surface area (Å²) in [7, 11) is -2.74. The van der Waals surface area contributed by atoms with E-state index in [9.17, 15) is 17.6 Å². The predicted octanol–water partition coefficient (Wildman–Crippen LogP) is 3.38. The van der Waals surface area contributed by atoms with Crippen molar-refractivity contribution >= 4 is 39.0 Å². The minimum atomic E-state index is -3.89. The lowest BCUT2D eigenvalue weighted by molar-refractivity contribution is 0.0594. The predicted molar refractivity (Wildman–Crippen MR) is 84.1 cm³/mol. The molecule has 2 rings (SSSR count). The molecule has 0 saturated carbocycles. The van der Waals surface area contributed by atoms with Crippen molar-refractivity contribution in [3.63, 3.8) is 0 Å². The van der Waals surface area contributed by atoms with Crippen LogP contribution in [-0.4, -0.2) is 32.7 Å². The first-order chi connectivity index (χ1) is 10.7. The smallest absolute Gasteiger partial charge is 0.358 e. The van der Waals surface area contributed by atoms with E-state index >= 15 is 0 Å². The highest BCUT2D eigenvalue weighted by molar-refractivity contribution is 7.90. The summed E-state index contributed by atoms with van der Waals surface area (Å²) in [5.74, 6) is -1.85. The lowest BCUT2D eigenvalue weighted by Crippen LogP contribution is -2.07. The van der Waals surface area contributed by atoms with Crippen LogP contribution in [0.5, 0.6) is 0 Å². The molecule has 0 saturated heterocycles. The molecular weight excluding hydrogens is 368 g/mol. The normalized spacial score (nSPS) is 11.3. The second kappa shape index (κ2) is 6.43. The van der Waals surface area contributed by atoms with Gasteiger partial charge in [-0.1, -0.05) is 23.2 Å². The van der Waals surface area contributed by atoms with Gasteiger partial charge in [-0.3, -0.25) is 0 Å². The molecule has 0 radical (unpaired) electrons. The first-order valence-corrected chi connectivity index (χ1v) is 8.75. The first-order valence-electron chi connectivity index (χ1n) is 6.10. The first kappa shape index (κ1) is 17.7. The maximum Gasteiger partial charge on any atom is 0.358 e. The van der Waals surface area contributed by atoms with E-state index in [0.717, 1.165) is 13.4 Å². The quantitative estimate of drug-likeness (QED) is 0.766. The van der Waals surface area contributed by atoms with Gasteiger partial charge in [-0.2, -0.15) is 0 Å². The number of carbonyl (C=O) groups is 1. The average Bonchev–Trinajstić information content (AvgIpc) is 2.46. The molecule has 0 N–H and O–H groups in total. The van der Waals surface area contributed by atoms with Gasteiger partial charge in [-0.25, -0.2) is 22.6 Å². The summed E-state index contributed by atoms with van der Waals surface area (Å²) in [5.41, 5.74) is -0.313. The third kappa shape index (κ3) is 3.46. The monoisotopic (exact) mass is 377 g/mol. The summed E-state index contributed by atoms with van der Waals surface area (Å²) in [6.45, 7) is 0. The Hall–Kier alpha value is -1.70. The van der Waals surface area contributed by atoms with Crippen LogP contribution in [-0.2, 0) is 14.6 Å². The van der Waals surface area contributed by atoms with Crippen LogP contribution in [0.2, 0.25) is 10.0 Å². The summed E-state index contributed by atoms with van der Waals surface area (Å²) in [6.07, 6.45) is 0.843. The maximum absolute atomic E-state index is 14.6. The zero-order valence-electron chi connectivity index (χ0n) is 11.9. The topological polar surface area (TPSA) is 73.3 Å². The van der Waals surface area contributed by atoms with Gasteiger partial charge in [0.2, 0.25) is 0 Å². The van der Waals surface area contributed by atoms with Crippen LogP contribution in [0.25, 0.3) is 11.3 Å². The number of halogens is 3. The van der Waals surface area contributed by atoms with Crippen molar-refractivity contribution in [3.8, 4) is 11.3 Å². The number of rotatable bonds is 3. The Kier molecular flexibility index (Phi) is 4.93. The van der Waals surface area contributed by atoms with Crippen molar-refractivity contribution < 1.29 is 22.3 Å². The van der Waals surface area contributed by atoms with Gasteiger partial charge in [0.05, 0.1) is 22.8 Å². The lowest BCUT2D eigenvalue weighted by Gasteiger charge is -2.10.